The average Bonchev–Trinajstić information content (AvgIpc) is 2.69. The van der Waals surface area contributed by atoms with Crippen molar-refractivity contribution in [2.75, 3.05) is 6.54 Å². The molecule has 0 bridgehead atoms. The Morgan fingerprint density at radius 2 is 1.70 bits per heavy atom. The van der Waals surface area contributed by atoms with Gasteiger partial charge in [-0.2, -0.15) is 0 Å². The summed E-state index contributed by atoms with van der Waals surface area (Å²) in [5.74, 6) is 0.0818. The van der Waals surface area contributed by atoms with Crippen molar-refractivity contribution in [1.29, 1.82) is 0 Å². The Hall–Kier alpha value is -1.80. The first-order valence-corrected chi connectivity index (χ1v) is 7.23. The van der Waals surface area contributed by atoms with Gasteiger partial charge in [0.2, 0.25) is 0 Å². The molecule has 0 saturated heterocycles. The van der Waals surface area contributed by atoms with Gasteiger partial charge in [0, 0.05) is 23.7 Å². The first-order valence-electron chi connectivity index (χ1n) is 6.85. The number of hydrogen-bond acceptors (Lipinski definition) is 1. The number of aryl methyl sites for hydroxylation is 1. The maximum atomic E-state index is 12.6. The van der Waals surface area contributed by atoms with Gasteiger partial charge >= 0.3 is 0 Å². The Morgan fingerprint density at radius 3 is 2.45 bits per heavy atom. The number of hydrogen-bond donors (Lipinski definition) is 0. The fourth-order valence-corrected chi connectivity index (χ4v) is 2.78. The standard InChI is InChI=1S/C17H16ClNO/c18-16-9-7-14(8-10-16)17(20)19-11-3-6-13-4-1-2-5-15(13)12-19/h1-2,4-5,7-10H,3,6,11-12H2. The Balaban J connectivity index is 1.84. The SMILES string of the molecule is O=C(c1ccc(Cl)cc1)N1CCCc2ccccc2C1. The fraction of sp³-hybridized carbons (Fsp3) is 0.235. The molecule has 3 rings (SSSR count). The van der Waals surface area contributed by atoms with Crippen molar-refractivity contribution in [3.63, 3.8) is 0 Å². The van der Waals surface area contributed by atoms with E-state index in [0.717, 1.165) is 19.4 Å². The summed E-state index contributed by atoms with van der Waals surface area (Å²) in [6.07, 6.45) is 2.05. The van der Waals surface area contributed by atoms with Crippen LogP contribution >= 0.6 is 11.6 Å². The molecular weight excluding hydrogens is 270 g/mol. The van der Waals surface area contributed by atoms with E-state index in [1.807, 2.05) is 11.0 Å². The van der Waals surface area contributed by atoms with Crippen LogP contribution in [-0.4, -0.2) is 17.4 Å². The molecule has 1 amide bonds. The van der Waals surface area contributed by atoms with Crippen LogP contribution in [0.15, 0.2) is 48.5 Å². The van der Waals surface area contributed by atoms with E-state index in [-0.39, 0.29) is 5.91 Å². The van der Waals surface area contributed by atoms with Crippen LogP contribution in [0.1, 0.15) is 27.9 Å². The number of nitrogens with zero attached hydrogens (tertiary/aromatic N) is 1. The molecule has 2 nitrogen and oxygen atoms in total. The Labute approximate surface area is 124 Å². The molecule has 0 unspecified atom stereocenters. The minimum Gasteiger partial charge on any atom is -0.334 e. The van der Waals surface area contributed by atoms with Crippen molar-refractivity contribution < 1.29 is 4.79 Å². The van der Waals surface area contributed by atoms with E-state index in [1.54, 1.807) is 24.3 Å². The molecule has 2 aromatic carbocycles. The number of rotatable bonds is 1. The molecule has 0 atom stereocenters. The van der Waals surface area contributed by atoms with Gasteiger partial charge in [0.25, 0.3) is 5.91 Å². The third-order valence-electron chi connectivity index (χ3n) is 3.73. The highest BCUT2D eigenvalue weighted by molar-refractivity contribution is 6.30. The number of carbonyl (C=O) groups excluding carboxylic acids is 1. The largest absolute Gasteiger partial charge is 0.334 e. The summed E-state index contributed by atoms with van der Waals surface area (Å²) in [5, 5.41) is 0.655. The highest BCUT2D eigenvalue weighted by Gasteiger charge is 2.19. The molecule has 1 aliphatic heterocycles. The van der Waals surface area contributed by atoms with Gasteiger partial charge in [-0.3, -0.25) is 4.79 Å². The van der Waals surface area contributed by atoms with Gasteiger partial charge < -0.3 is 4.90 Å². The normalized spacial score (nSPS) is 14.6. The summed E-state index contributed by atoms with van der Waals surface area (Å²) in [4.78, 5) is 14.5. The predicted octanol–water partition coefficient (Wildman–Crippen LogP) is 3.93. The van der Waals surface area contributed by atoms with E-state index in [9.17, 15) is 4.79 Å². The second kappa shape index (κ2) is 5.68. The summed E-state index contributed by atoms with van der Waals surface area (Å²) in [6, 6.07) is 15.5. The lowest BCUT2D eigenvalue weighted by atomic mass is 10.0. The maximum Gasteiger partial charge on any atom is 0.254 e. The number of halogens is 1. The summed E-state index contributed by atoms with van der Waals surface area (Å²) < 4.78 is 0. The average molecular weight is 286 g/mol. The predicted molar refractivity (Wildman–Crippen MR) is 81.0 cm³/mol. The van der Waals surface area contributed by atoms with Gasteiger partial charge in [-0.05, 0) is 48.2 Å². The molecule has 2 aromatic rings. The minimum absolute atomic E-state index is 0.0818. The molecule has 0 aromatic heterocycles. The second-order valence-corrected chi connectivity index (χ2v) is 5.54. The summed E-state index contributed by atoms with van der Waals surface area (Å²) in [6.45, 7) is 1.49. The van der Waals surface area contributed by atoms with Gasteiger partial charge in [-0.25, -0.2) is 0 Å². The van der Waals surface area contributed by atoms with E-state index in [1.165, 1.54) is 11.1 Å². The molecule has 0 fully saturated rings. The van der Waals surface area contributed by atoms with E-state index in [4.69, 9.17) is 11.6 Å². The molecule has 3 heteroatoms. The smallest absolute Gasteiger partial charge is 0.254 e. The number of fused-ring (bicyclic) bond motifs is 1. The van der Waals surface area contributed by atoms with Crippen LogP contribution in [0, 0.1) is 0 Å². The van der Waals surface area contributed by atoms with E-state index >= 15 is 0 Å². The topological polar surface area (TPSA) is 20.3 Å². The van der Waals surface area contributed by atoms with Crippen molar-refractivity contribution >= 4 is 17.5 Å². The zero-order valence-corrected chi connectivity index (χ0v) is 11.9. The quantitative estimate of drug-likeness (QED) is 0.777. The van der Waals surface area contributed by atoms with Gasteiger partial charge in [0.05, 0.1) is 0 Å². The minimum atomic E-state index is 0.0818. The van der Waals surface area contributed by atoms with Crippen molar-refractivity contribution in [3.8, 4) is 0 Å². The number of amides is 1. The van der Waals surface area contributed by atoms with Crippen LogP contribution < -0.4 is 0 Å². The summed E-state index contributed by atoms with van der Waals surface area (Å²) >= 11 is 5.87. The first-order chi connectivity index (χ1) is 9.74. The highest BCUT2D eigenvalue weighted by atomic mass is 35.5. The van der Waals surface area contributed by atoms with Crippen LogP contribution in [0.4, 0.5) is 0 Å². The van der Waals surface area contributed by atoms with Crippen LogP contribution in [0.5, 0.6) is 0 Å². The van der Waals surface area contributed by atoms with Gasteiger partial charge in [-0.1, -0.05) is 35.9 Å². The summed E-state index contributed by atoms with van der Waals surface area (Å²) in [5.41, 5.74) is 3.32. The van der Waals surface area contributed by atoms with Gasteiger partial charge in [-0.15, -0.1) is 0 Å². The van der Waals surface area contributed by atoms with E-state index < -0.39 is 0 Å². The fourth-order valence-electron chi connectivity index (χ4n) is 2.65. The number of benzene rings is 2. The lowest BCUT2D eigenvalue weighted by Gasteiger charge is -2.21. The highest BCUT2D eigenvalue weighted by Crippen LogP contribution is 2.20. The van der Waals surface area contributed by atoms with Crippen molar-refractivity contribution in [1.82, 2.24) is 4.90 Å². The van der Waals surface area contributed by atoms with Crippen molar-refractivity contribution in [2.24, 2.45) is 0 Å². The monoisotopic (exact) mass is 285 g/mol. The Kier molecular flexibility index (Phi) is 3.75. The molecule has 0 N–H and O–H groups in total. The van der Waals surface area contributed by atoms with E-state index in [0.29, 0.717) is 17.1 Å². The molecule has 0 saturated carbocycles. The molecule has 1 aliphatic rings. The third kappa shape index (κ3) is 2.70. The third-order valence-corrected chi connectivity index (χ3v) is 3.98. The number of carbonyl (C=O) groups is 1. The van der Waals surface area contributed by atoms with Crippen LogP contribution in [0.25, 0.3) is 0 Å². The molecule has 102 valence electrons. The van der Waals surface area contributed by atoms with Gasteiger partial charge in [0.15, 0.2) is 0 Å². The first kappa shape index (κ1) is 13.2. The Bertz CT molecular complexity index is 621. The molecule has 0 radical (unpaired) electrons. The zero-order chi connectivity index (χ0) is 13.9. The van der Waals surface area contributed by atoms with Gasteiger partial charge in [0.1, 0.15) is 0 Å². The zero-order valence-electron chi connectivity index (χ0n) is 11.2. The molecule has 0 spiro atoms. The lowest BCUT2D eigenvalue weighted by Crippen LogP contribution is -2.30. The van der Waals surface area contributed by atoms with Crippen LogP contribution in [0.2, 0.25) is 5.02 Å². The van der Waals surface area contributed by atoms with Crippen LogP contribution in [0.3, 0.4) is 0 Å². The van der Waals surface area contributed by atoms with Crippen LogP contribution in [-0.2, 0) is 13.0 Å². The molecule has 1 heterocycles. The molecule has 0 aliphatic carbocycles. The summed E-state index contributed by atoms with van der Waals surface area (Å²) in [7, 11) is 0. The second-order valence-electron chi connectivity index (χ2n) is 5.11. The lowest BCUT2D eigenvalue weighted by molar-refractivity contribution is 0.0746. The van der Waals surface area contributed by atoms with E-state index in [2.05, 4.69) is 18.2 Å². The Morgan fingerprint density at radius 1 is 1.00 bits per heavy atom. The molecular formula is C17H16ClNO. The molecule has 20 heavy (non-hydrogen) atoms. The maximum absolute atomic E-state index is 12.6. The van der Waals surface area contributed by atoms with Crippen molar-refractivity contribution in [2.45, 2.75) is 19.4 Å². The van der Waals surface area contributed by atoms with Crippen molar-refractivity contribution in [3.05, 3.63) is 70.2 Å².